The summed E-state index contributed by atoms with van der Waals surface area (Å²) in [6.45, 7) is 4.74. The number of hydrogen-bond acceptors (Lipinski definition) is 5. The highest BCUT2D eigenvalue weighted by Crippen LogP contribution is 2.24. The summed E-state index contributed by atoms with van der Waals surface area (Å²) in [6, 6.07) is 16.5. The molecule has 2 aromatic carbocycles. The van der Waals surface area contributed by atoms with Gasteiger partial charge in [0.05, 0.1) is 5.69 Å². The number of benzene rings is 2. The normalized spacial score (nSPS) is 19.0. The predicted molar refractivity (Wildman–Crippen MR) is 111 cm³/mol. The molecule has 7 nitrogen and oxygen atoms in total. The standard InChI is InChI=1S/C22H22N4O3/c1-16-7-5-6-10-19(16)26-21(28)18(20(27)23-22(26)29)15-24-11-13-25(14-12-24)17-8-3-2-4-9-17/h2-10,15H,11-14H2,1H3,(H,23,27,29)/b18-15-. The fraction of sp³-hybridized carbons (Fsp3) is 0.227. The van der Waals surface area contributed by atoms with E-state index < -0.39 is 17.8 Å². The van der Waals surface area contributed by atoms with Crippen LogP contribution in [0.1, 0.15) is 5.56 Å². The molecule has 148 valence electrons. The first-order valence-electron chi connectivity index (χ1n) is 9.56. The number of nitrogens with one attached hydrogen (secondary N) is 1. The van der Waals surface area contributed by atoms with Gasteiger partial charge in [-0.1, -0.05) is 36.4 Å². The van der Waals surface area contributed by atoms with Crippen molar-refractivity contribution in [2.24, 2.45) is 0 Å². The SMILES string of the molecule is Cc1ccccc1N1C(=O)NC(=O)/C(=C/N2CCN(c3ccccc3)CC2)C1=O. The molecule has 2 aliphatic heterocycles. The Labute approximate surface area is 169 Å². The number of amides is 4. The Hall–Kier alpha value is -3.61. The number of para-hydroxylation sites is 2. The van der Waals surface area contributed by atoms with Gasteiger partial charge in [0.1, 0.15) is 5.57 Å². The van der Waals surface area contributed by atoms with E-state index in [4.69, 9.17) is 0 Å². The number of carbonyl (C=O) groups excluding carboxylic acids is 3. The summed E-state index contributed by atoms with van der Waals surface area (Å²) in [6.07, 6.45) is 1.58. The van der Waals surface area contributed by atoms with Crippen LogP contribution in [-0.4, -0.2) is 48.9 Å². The monoisotopic (exact) mass is 390 g/mol. The Morgan fingerprint density at radius 2 is 1.52 bits per heavy atom. The minimum atomic E-state index is -0.722. The van der Waals surface area contributed by atoms with Crippen LogP contribution in [0.25, 0.3) is 0 Å². The van der Waals surface area contributed by atoms with Crippen LogP contribution >= 0.6 is 0 Å². The zero-order valence-electron chi connectivity index (χ0n) is 16.2. The van der Waals surface area contributed by atoms with E-state index in [1.807, 2.05) is 42.2 Å². The summed E-state index contributed by atoms with van der Waals surface area (Å²) in [4.78, 5) is 42.9. The second-order valence-corrected chi connectivity index (χ2v) is 7.09. The third-order valence-electron chi connectivity index (χ3n) is 5.21. The molecule has 0 bridgehead atoms. The number of rotatable bonds is 3. The van der Waals surface area contributed by atoms with Crippen LogP contribution in [0.15, 0.2) is 66.4 Å². The molecule has 4 amide bonds. The molecule has 0 aromatic heterocycles. The summed E-state index contributed by atoms with van der Waals surface area (Å²) in [5.74, 6) is -1.26. The highest BCUT2D eigenvalue weighted by atomic mass is 16.2. The lowest BCUT2D eigenvalue weighted by Crippen LogP contribution is -2.55. The molecular formula is C22H22N4O3. The summed E-state index contributed by atoms with van der Waals surface area (Å²) in [7, 11) is 0. The van der Waals surface area contributed by atoms with Crippen molar-refractivity contribution in [2.75, 3.05) is 36.0 Å². The Bertz CT molecular complexity index is 979. The van der Waals surface area contributed by atoms with Crippen molar-refractivity contribution in [1.29, 1.82) is 0 Å². The first-order chi connectivity index (χ1) is 14.0. The molecule has 7 heteroatoms. The van der Waals surface area contributed by atoms with Gasteiger partial charge < -0.3 is 9.80 Å². The lowest BCUT2D eigenvalue weighted by Gasteiger charge is -2.36. The molecule has 0 saturated carbocycles. The summed E-state index contributed by atoms with van der Waals surface area (Å²) >= 11 is 0. The number of anilines is 2. The summed E-state index contributed by atoms with van der Waals surface area (Å²) < 4.78 is 0. The van der Waals surface area contributed by atoms with Crippen LogP contribution in [0, 0.1) is 6.92 Å². The zero-order chi connectivity index (χ0) is 20.4. The number of barbiturate groups is 1. The fourth-order valence-electron chi connectivity index (χ4n) is 3.61. The first kappa shape index (κ1) is 18.7. The van der Waals surface area contributed by atoms with Gasteiger partial charge in [0.25, 0.3) is 11.8 Å². The average molecular weight is 390 g/mol. The van der Waals surface area contributed by atoms with Gasteiger partial charge >= 0.3 is 6.03 Å². The molecule has 2 fully saturated rings. The molecule has 1 N–H and O–H groups in total. The first-order valence-corrected chi connectivity index (χ1v) is 9.56. The number of piperazine rings is 1. The quantitative estimate of drug-likeness (QED) is 0.643. The van der Waals surface area contributed by atoms with Crippen LogP contribution in [0.4, 0.5) is 16.2 Å². The smallest absolute Gasteiger partial charge is 0.335 e. The minimum Gasteiger partial charge on any atom is -0.373 e. The molecule has 0 aliphatic carbocycles. The van der Waals surface area contributed by atoms with Gasteiger partial charge in [-0.25, -0.2) is 9.69 Å². The van der Waals surface area contributed by atoms with Crippen LogP contribution in [0.3, 0.4) is 0 Å². The van der Waals surface area contributed by atoms with E-state index in [1.54, 1.807) is 18.3 Å². The van der Waals surface area contributed by atoms with E-state index in [-0.39, 0.29) is 5.57 Å². The average Bonchev–Trinajstić information content (AvgIpc) is 2.73. The second kappa shape index (κ2) is 7.79. The summed E-state index contributed by atoms with van der Waals surface area (Å²) in [5, 5.41) is 2.28. The van der Waals surface area contributed by atoms with Gasteiger partial charge in [-0.05, 0) is 30.7 Å². The molecule has 2 aliphatic rings. The third kappa shape index (κ3) is 3.71. The molecule has 0 atom stereocenters. The second-order valence-electron chi connectivity index (χ2n) is 7.09. The van der Waals surface area contributed by atoms with Gasteiger partial charge in [-0.3, -0.25) is 14.9 Å². The highest BCUT2D eigenvalue weighted by Gasteiger charge is 2.38. The third-order valence-corrected chi connectivity index (χ3v) is 5.21. The number of hydrogen-bond donors (Lipinski definition) is 1. The Kier molecular flexibility index (Phi) is 5.03. The van der Waals surface area contributed by atoms with E-state index in [1.165, 1.54) is 0 Å². The number of nitrogens with zero attached hydrogens (tertiary/aromatic N) is 3. The highest BCUT2D eigenvalue weighted by molar-refractivity contribution is 6.37. The van der Waals surface area contributed by atoms with Crippen molar-refractivity contribution in [3.8, 4) is 0 Å². The number of carbonyl (C=O) groups is 3. The van der Waals surface area contributed by atoms with Crippen LogP contribution in [0.2, 0.25) is 0 Å². The van der Waals surface area contributed by atoms with Crippen molar-refractivity contribution in [3.05, 3.63) is 71.9 Å². The molecule has 2 heterocycles. The van der Waals surface area contributed by atoms with Gasteiger partial charge in [0.2, 0.25) is 0 Å². The maximum atomic E-state index is 13.0. The van der Waals surface area contributed by atoms with E-state index in [0.717, 1.165) is 29.2 Å². The lowest BCUT2D eigenvalue weighted by molar-refractivity contribution is -0.122. The molecule has 2 saturated heterocycles. The molecule has 4 rings (SSSR count). The maximum Gasteiger partial charge on any atom is 0.335 e. The number of imide groups is 2. The number of urea groups is 1. The summed E-state index contributed by atoms with van der Waals surface area (Å²) in [5.41, 5.74) is 2.38. The molecule has 2 aromatic rings. The van der Waals surface area contributed by atoms with Crippen molar-refractivity contribution < 1.29 is 14.4 Å². The zero-order valence-corrected chi connectivity index (χ0v) is 16.2. The van der Waals surface area contributed by atoms with Crippen LogP contribution in [-0.2, 0) is 9.59 Å². The van der Waals surface area contributed by atoms with Crippen molar-refractivity contribution in [2.45, 2.75) is 6.92 Å². The fourth-order valence-corrected chi connectivity index (χ4v) is 3.61. The van der Waals surface area contributed by atoms with E-state index in [9.17, 15) is 14.4 Å². The van der Waals surface area contributed by atoms with Crippen LogP contribution < -0.4 is 15.1 Å². The minimum absolute atomic E-state index is 0.0268. The van der Waals surface area contributed by atoms with E-state index in [0.29, 0.717) is 18.8 Å². The van der Waals surface area contributed by atoms with Crippen LogP contribution in [0.5, 0.6) is 0 Å². The topological polar surface area (TPSA) is 73.0 Å². The Morgan fingerprint density at radius 1 is 0.862 bits per heavy atom. The lowest BCUT2D eigenvalue weighted by atomic mass is 10.1. The molecular weight excluding hydrogens is 368 g/mol. The van der Waals surface area contributed by atoms with Gasteiger partial charge in [-0.2, -0.15) is 0 Å². The van der Waals surface area contributed by atoms with Crippen molar-refractivity contribution in [3.63, 3.8) is 0 Å². The Morgan fingerprint density at radius 3 is 2.21 bits per heavy atom. The maximum absolute atomic E-state index is 13.0. The van der Waals surface area contributed by atoms with Gasteiger partial charge in [-0.15, -0.1) is 0 Å². The van der Waals surface area contributed by atoms with E-state index in [2.05, 4.69) is 22.3 Å². The molecule has 0 radical (unpaired) electrons. The van der Waals surface area contributed by atoms with E-state index >= 15 is 0 Å². The van der Waals surface area contributed by atoms with Gasteiger partial charge in [0.15, 0.2) is 0 Å². The van der Waals surface area contributed by atoms with Gasteiger partial charge in [0, 0.05) is 38.1 Å². The largest absolute Gasteiger partial charge is 0.373 e. The Balaban J connectivity index is 1.52. The van der Waals surface area contributed by atoms with Crippen molar-refractivity contribution in [1.82, 2.24) is 10.2 Å². The van der Waals surface area contributed by atoms with Crippen molar-refractivity contribution >= 4 is 29.2 Å². The predicted octanol–water partition coefficient (Wildman–Crippen LogP) is 2.28. The number of aryl methyl sites for hydroxylation is 1. The molecule has 0 unspecified atom stereocenters. The molecule has 29 heavy (non-hydrogen) atoms. The molecule has 0 spiro atoms.